The van der Waals surface area contributed by atoms with Gasteiger partial charge in [0, 0.05) is 16.6 Å². The van der Waals surface area contributed by atoms with Crippen molar-refractivity contribution in [2.24, 2.45) is 0 Å². The minimum Gasteiger partial charge on any atom is -0.496 e. The van der Waals surface area contributed by atoms with Crippen molar-refractivity contribution in [1.82, 2.24) is 4.90 Å². The monoisotopic (exact) mass is 493 g/mol. The van der Waals surface area contributed by atoms with Crippen LogP contribution in [0.3, 0.4) is 0 Å². The molecule has 168 valence electrons. The lowest BCUT2D eigenvalue weighted by molar-refractivity contribution is 0.0663. The van der Waals surface area contributed by atoms with E-state index in [9.17, 15) is 13.2 Å². The molecular formula is C23H21Cl2NO5S. The van der Waals surface area contributed by atoms with Gasteiger partial charge in [-0.1, -0.05) is 35.3 Å². The fourth-order valence-corrected chi connectivity index (χ4v) is 5.94. The third-order valence-electron chi connectivity index (χ3n) is 5.43. The summed E-state index contributed by atoms with van der Waals surface area (Å²) in [5, 5.41) is 1.01. The van der Waals surface area contributed by atoms with Crippen molar-refractivity contribution >= 4 is 38.9 Å². The minimum absolute atomic E-state index is 0.0505. The van der Waals surface area contributed by atoms with Gasteiger partial charge in [-0.2, -0.15) is 0 Å². The van der Waals surface area contributed by atoms with Gasteiger partial charge in [-0.05, 0) is 48.9 Å². The summed E-state index contributed by atoms with van der Waals surface area (Å²) < 4.78 is 35.6. The van der Waals surface area contributed by atoms with Crippen LogP contribution >= 0.6 is 23.2 Å². The highest BCUT2D eigenvalue weighted by Gasteiger charge is 2.36. The fourth-order valence-electron chi connectivity index (χ4n) is 3.83. The Morgan fingerprint density at radius 3 is 2.66 bits per heavy atom. The average Bonchev–Trinajstić information content (AvgIpc) is 3.39. The van der Waals surface area contributed by atoms with Crippen LogP contribution in [0.5, 0.6) is 5.75 Å². The molecule has 1 aliphatic heterocycles. The van der Waals surface area contributed by atoms with Crippen LogP contribution in [0.2, 0.25) is 10.0 Å². The number of methoxy groups -OCH3 is 1. The maximum absolute atomic E-state index is 13.5. The molecule has 6 nitrogen and oxygen atoms in total. The van der Waals surface area contributed by atoms with Gasteiger partial charge in [-0.3, -0.25) is 4.79 Å². The summed E-state index contributed by atoms with van der Waals surface area (Å²) in [6.45, 7) is 0.106. The number of nitrogens with zero attached hydrogens (tertiary/aromatic N) is 1. The van der Waals surface area contributed by atoms with Crippen LogP contribution in [0.25, 0.3) is 11.3 Å². The number of amides is 1. The lowest BCUT2D eigenvalue weighted by Crippen LogP contribution is -2.40. The maximum Gasteiger partial charge on any atom is 0.258 e. The van der Waals surface area contributed by atoms with Gasteiger partial charge in [0.15, 0.2) is 9.84 Å². The first-order valence-electron chi connectivity index (χ1n) is 9.96. The molecule has 0 N–H and O–H groups in total. The van der Waals surface area contributed by atoms with Crippen molar-refractivity contribution < 1.29 is 22.4 Å². The number of para-hydroxylation sites is 1. The van der Waals surface area contributed by atoms with Crippen LogP contribution in [-0.4, -0.2) is 43.9 Å². The van der Waals surface area contributed by atoms with Gasteiger partial charge in [0.2, 0.25) is 0 Å². The van der Waals surface area contributed by atoms with Crippen LogP contribution in [0.15, 0.2) is 59.0 Å². The number of hydrogen-bond acceptors (Lipinski definition) is 5. The van der Waals surface area contributed by atoms with E-state index < -0.39 is 15.9 Å². The number of halogens is 2. The molecule has 1 amide bonds. The average molecular weight is 494 g/mol. The highest BCUT2D eigenvalue weighted by atomic mass is 35.5. The highest BCUT2D eigenvalue weighted by Crippen LogP contribution is 2.33. The minimum atomic E-state index is -3.20. The van der Waals surface area contributed by atoms with Crippen LogP contribution in [0, 0.1) is 0 Å². The molecule has 1 fully saturated rings. The number of ether oxygens (including phenoxy) is 1. The van der Waals surface area contributed by atoms with E-state index in [-0.39, 0.29) is 24.0 Å². The summed E-state index contributed by atoms with van der Waals surface area (Å²) in [6, 6.07) is 15.0. The topological polar surface area (TPSA) is 76.8 Å². The van der Waals surface area contributed by atoms with Crippen molar-refractivity contribution in [3.8, 4) is 17.1 Å². The third-order valence-corrected chi connectivity index (χ3v) is 7.74. The van der Waals surface area contributed by atoms with Gasteiger partial charge in [-0.25, -0.2) is 8.42 Å². The van der Waals surface area contributed by atoms with Crippen LogP contribution in [0.1, 0.15) is 22.5 Å². The number of rotatable bonds is 6. The Morgan fingerprint density at radius 1 is 1.16 bits per heavy atom. The number of sulfone groups is 1. The second-order valence-electron chi connectivity index (χ2n) is 7.58. The number of carbonyl (C=O) groups excluding carboxylic acids is 1. The number of furan rings is 1. The molecule has 1 saturated heterocycles. The summed E-state index contributed by atoms with van der Waals surface area (Å²) in [5.41, 5.74) is 1.00. The van der Waals surface area contributed by atoms with E-state index in [1.807, 2.05) is 0 Å². The van der Waals surface area contributed by atoms with Crippen molar-refractivity contribution in [3.63, 3.8) is 0 Å². The van der Waals surface area contributed by atoms with Gasteiger partial charge >= 0.3 is 0 Å². The molecule has 4 rings (SSSR count). The maximum atomic E-state index is 13.5. The number of benzene rings is 2. The van der Waals surface area contributed by atoms with E-state index in [2.05, 4.69) is 0 Å². The fraction of sp³-hybridized carbons (Fsp3) is 0.261. The molecule has 1 unspecified atom stereocenters. The van der Waals surface area contributed by atoms with E-state index in [1.54, 1.807) is 59.5 Å². The van der Waals surface area contributed by atoms with Gasteiger partial charge in [0.1, 0.15) is 17.3 Å². The Labute approximate surface area is 196 Å². The zero-order valence-electron chi connectivity index (χ0n) is 17.3. The first-order valence-corrected chi connectivity index (χ1v) is 12.5. The molecular weight excluding hydrogens is 473 g/mol. The lowest BCUT2D eigenvalue weighted by atomic mass is 10.1. The van der Waals surface area contributed by atoms with E-state index in [4.69, 9.17) is 32.4 Å². The third kappa shape index (κ3) is 4.80. The normalized spacial score (nSPS) is 17.3. The Morgan fingerprint density at radius 2 is 1.94 bits per heavy atom. The smallest absolute Gasteiger partial charge is 0.258 e. The molecule has 1 aliphatic rings. The molecule has 1 aromatic heterocycles. The van der Waals surface area contributed by atoms with Crippen molar-refractivity contribution in [1.29, 1.82) is 0 Å². The van der Waals surface area contributed by atoms with E-state index in [0.717, 1.165) is 0 Å². The molecule has 2 heterocycles. The summed E-state index contributed by atoms with van der Waals surface area (Å²) in [5.74, 6) is 1.09. The summed E-state index contributed by atoms with van der Waals surface area (Å²) in [7, 11) is -1.71. The largest absolute Gasteiger partial charge is 0.496 e. The molecule has 0 saturated carbocycles. The zero-order valence-corrected chi connectivity index (χ0v) is 19.6. The molecule has 0 radical (unpaired) electrons. The van der Waals surface area contributed by atoms with Gasteiger partial charge in [-0.15, -0.1) is 0 Å². The van der Waals surface area contributed by atoms with Crippen molar-refractivity contribution in [2.45, 2.75) is 19.0 Å². The second kappa shape index (κ2) is 9.17. The molecule has 0 spiro atoms. The Kier molecular flexibility index (Phi) is 6.51. The lowest BCUT2D eigenvalue weighted by Gasteiger charge is -2.28. The van der Waals surface area contributed by atoms with Crippen LogP contribution in [-0.2, 0) is 16.4 Å². The van der Waals surface area contributed by atoms with Crippen molar-refractivity contribution in [3.05, 3.63) is 76.0 Å². The van der Waals surface area contributed by atoms with Gasteiger partial charge in [0.05, 0.1) is 35.7 Å². The van der Waals surface area contributed by atoms with Crippen molar-refractivity contribution in [2.75, 3.05) is 18.6 Å². The predicted octanol–water partition coefficient (Wildman–Crippen LogP) is 5.09. The molecule has 3 aromatic rings. The summed E-state index contributed by atoms with van der Waals surface area (Å²) >= 11 is 12.4. The first kappa shape index (κ1) is 22.7. The van der Waals surface area contributed by atoms with Crippen LogP contribution in [0.4, 0.5) is 0 Å². The molecule has 1 atom stereocenters. The van der Waals surface area contributed by atoms with E-state index in [0.29, 0.717) is 44.9 Å². The zero-order chi connectivity index (χ0) is 22.9. The van der Waals surface area contributed by atoms with E-state index >= 15 is 0 Å². The number of hydrogen-bond donors (Lipinski definition) is 0. The summed E-state index contributed by atoms with van der Waals surface area (Å²) in [4.78, 5) is 15.0. The van der Waals surface area contributed by atoms with Gasteiger partial charge in [0.25, 0.3) is 5.91 Å². The molecule has 9 heteroatoms. The Balaban J connectivity index is 1.66. The van der Waals surface area contributed by atoms with Gasteiger partial charge < -0.3 is 14.1 Å². The quantitative estimate of drug-likeness (QED) is 0.477. The molecule has 0 bridgehead atoms. The van der Waals surface area contributed by atoms with Crippen LogP contribution < -0.4 is 4.74 Å². The number of carbonyl (C=O) groups is 1. The second-order valence-corrected chi connectivity index (χ2v) is 10.7. The highest BCUT2D eigenvalue weighted by molar-refractivity contribution is 7.91. The SMILES string of the molecule is COc1ccccc1C(=O)N(Cc1ccc(-c2cc(Cl)ccc2Cl)o1)C1CCS(=O)(=O)C1. The summed E-state index contributed by atoms with van der Waals surface area (Å²) in [6.07, 6.45) is 0.372. The Bertz CT molecular complexity index is 1250. The first-order chi connectivity index (χ1) is 15.3. The Hall–Kier alpha value is -2.48. The molecule has 0 aliphatic carbocycles. The molecule has 2 aromatic carbocycles. The van der Waals surface area contributed by atoms with E-state index in [1.165, 1.54) is 7.11 Å². The predicted molar refractivity (Wildman–Crippen MR) is 124 cm³/mol. The standard InChI is InChI=1S/C23H21Cl2NO5S/c1-30-21-5-3-2-4-18(21)23(27)26(16-10-11-32(28,29)14-16)13-17-7-9-22(31-17)19-12-15(24)6-8-20(19)25/h2-9,12,16H,10-11,13-14H2,1H3. The molecule has 32 heavy (non-hydrogen) atoms.